The van der Waals surface area contributed by atoms with Gasteiger partial charge in [0.1, 0.15) is 5.52 Å². The second-order valence-electron chi connectivity index (χ2n) is 6.63. The molecule has 29 heavy (non-hydrogen) atoms. The molecule has 4 rings (SSSR count). The number of para-hydroxylation sites is 1. The summed E-state index contributed by atoms with van der Waals surface area (Å²) in [5.74, 6) is 0. The quantitative estimate of drug-likeness (QED) is 0.245. The van der Waals surface area contributed by atoms with Gasteiger partial charge in [-0.3, -0.25) is 0 Å². The van der Waals surface area contributed by atoms with Gasteiger partial charge in [-0.15, -0.1) is 0 Å². The predicted molar refractivity (Wildman–Crippen MR) is 114 cm³/mol. The maximum atomic E-state index is 9.34. The number of aromatic nitrogens is 2. The van der Waals surface area contributed by atoms with Crippen LogP contribution in [0.25, 0.3) is 33.5 Å². The summed E-state index contributed by atoms with van der Waals surface area (Å²) in [5, 5.41) is 37.3. The molecule has 0 saturated heterocycles. The second kappa shape index (κ2) is 7.65. The number of benzene rings is 3. The summed E-state index contributed by atoms with van der Waals surface area (Å²) >= 11 is 0. The Morgan fingerprint density at radius 1 is 0.621 bits per heavy atom. The third kappa shape index (κ3) is 3.72. The van der Waals surface area contributed by atoms with Gasteiger partial charge in [-0.05, 0) is 23.1 Å². The number of hydrogen-bond acceptors (Lipinski definition) is 7. The topological polar surface area (TPSA) is 133 Å². The van der Waals surface area contributed by atoms with Crippen LogP contribution in [0.4, 0.5) is 5.69 Å². The van der Waals surface area contributed by atoms with E-state index in [0.717, 1.165) is 11.1 Å². The van der Waals surface area contributed by atoms with Gasteiger partial charge >= 0.3 is 14.2 Å². The Morgan fingerprint density at radius 2 is 1.10 bits per heavy atom. The molecule has 0 aliphatic heterocycles. The minimum atomic E-state index is -1.56. The maximum absolute atomic E-state index is 9.34. The summed E-state index contributed by atoms with van der Waals surface area (Å²) in [6, 6.07) is 18.8. The van der Waals surface area contributed by atoms with Gasteiger partial charge in [0.05, 0.1) is 22.6 Å². The third-order valence-electron chi connectivity index (χ3n) is 4.69. The Bertz CT molecular complexity index is 1170. The predicted octanol–water partition coefficient (Wildman–Crippen LogP) is -0.0944. The minimum Gasteiger partial charge on any atom is -0.423 e. The molecule has 0 fully saturated rings. The molecule has 9 heteroatoms. The smallest absolute Gasteiger partial charge is 0.423 e. The van der Waals surface area contributed by atoms with Gasteiger partial charge in [0.25, 0.3) is 0 Å². The van der Waals surface area contributed by atoms with E-state index in [1.807, 2.05) is 6.07 Å². The van der Waals surface area contributed by atoms with Crippen molar-refractivity contribution in [1.29, 1.82) is 0 Å². The molecule has 0 amide bonds. The summed E-state index contributed by atoms with van der Waals surface area (Å²) in [6.45, 7) is 0. The van der Waals surface area contributed by atoms with Crippen LogP contribution in [0.2, 0.25) is 0 Å². The first-order valence-corrected chi connectivity index (χ1v) is 8.93. The fourth-order valence-electron chi connectivity index (χ4n) is 3.13. The average Bonchev–Trinajstić information content (AvgIpc) is 2.73. The van der Waals surface area contributed by atoms with Gasteiger partial charge in [-0.1, -0.05) is 54.6 Å². The molecular formula is C20H17B2N3O4. The molecule has 1 heterocycles. The van der Waals surface area contributed by atoms with E-state index in [9.17, 15) is 20.1 Å². The van der Waals surface area contributed by atoms with Crippen molar-refractivity contribution in [1.82, 2.24) is 9.97 Å². The number of hydrogen-bond donors (Lipinski definition) is 5. The number of nitrogens with zero attached hydrogens (tertiary/aromatic N) is 2. The van der Waals surface area contributed by atoms with Gasteiger partial charge in [-0.2, -0.15) is 0 Å². The van der Waals surface area contributed by atoms with E-state index in [0.29, 0.717) is 39.0 Å². The highest BCUT2D eigenvalue weighted by Gasteiger charge is 2.17. The van der Waals surface area contributed by atoms with Crippen molar-refractivity contribution in [2.45, 2.75) is 0 Å². The van der Waals surface area contributed by atoms with E-state index in [4.69, 9.17) is 15.7 Å². The lowest BCUT2D eigenvalue weighted by Crippen LogP contribution is -2.29. The molecule has 0 aliphatic rings. The molecule has 0 unspecified atom stereocenters. The molecule has 142 valence electrons. The first kappa shape index (κ1) is 19.1. The molecule has 4 aromatic rings. The number of nitrogens with two attached hydrogens (primary N) is 1. The number of fused-ring (bicyclic) bond motifs is 1. The number of rotatable bonds is 4. The molecule has 1 aromatic heterocycles. The van der Waals surface area contributed by atoms with E-state index in [2.05, 4.69) is 0 Å². The van der Waals surface area contributed by atoms with E-state index >= 15 is 0 Å². The van der Waals surface area contributed by atoms with Crippen molar-refractivity contribution in [2.75, 3.05) is 5.73 Å². The lowest BCUT2D eigenvalue weighted by Gasteiger charge is -2.12. The SMILES string of the molecule is Nc1cccc2nc(-c3ccc(B(O)O)cc3)c(-c3ccc(B(O)O)cc3)nc12. The van der Waals surface area contributed by atoms with Crippen molar-refractivity contribution in [3.05, 3.63) is 66.7 Å². The average molecular weight is 385 g/mol. The molecule has 0 radical (unpaired) electrons. The molecule has 0 spiro atoms. The number of anilines is 1. The molecule has 0 atom stereocenters. The first-order valence-electron chi connectivity index (χ1n) is 8.93. The Kier molecular flexibility index (Phi) is 5.04. The highest BCUT2D eigenvalue weighted by atomic mass is 16.4. The van der Waals surface area contributed by atoms with Crippen LogP contribution in [-0.2, 0) is 0 Å². The summed E-state index contributed by atoms with van der Waals surface area (Å²) in [6.07, 6.45) is 0. The van der Waals surface area contributed by atoms with Crippen LogP contribution in [-0.4, -0.2) is 44.3 Å². The van der Waals surface area contributed by atoms with Crippen LogP contribution in [0.15, 0.2) is 66.7 Å². The molecule has 0 bridgehead atoms. The van der Waals surface area contributed by atoms with Gasteiger partial charge in [0.15, 0.2) is 0 Å². The van der Waals surface area contributed by atoms with Crippen molar-refractivity contribution in [3.8, 4) is 22.5 Å². The zero-order valence-electron chi connectivity index (χ0n) is 15.3. The summed E-state index contributed by atoms with van der Waals surface area (Å²) in [4.78, 5) is 9.49. The van der Waals surface area contributed by atoms with Crippen molar-refractivity contribution in [3.63, 3.8) is 0 Å². The van der Waals surface area contributed by atoms with Crippen molar-refractivity contribution < 1.29 is 20.1 Å². The minimum absolute atomic E-state index is 0.366. The van der Waals surface area contributed by atoms with Crippen LogP contribution in [0.1, 0.15) is 0 Å². The van der Waals surface area contributed by atoms with Crippen LogP contribution in [0.5, 0.6) is 0 Å². The fraction of sp³-hybridized carbons (Fsp3) is 0. The van der Waals surface area contributed by atoms with Gasteiger partial charge in [0.2, 0.25) is 0 Å². The number of nitrogen functional groups attached to an aromatic ring is 1. The Labute approximate surface area is 167 Å². The van der Waals surface area contributed by atoms with Gasteiger partial charge in [0, 0.05) is 11.1 Å². The molecular weight excluding hydrogens is 368 g/mol. The van der Waals surface area contributed by atoms with E-state index in [1.54, 1.807) is 60.7 Å². The first-order chi connectivity index (χ1) is 13.9. The summed E-state index contributed by atoms with van der Waals surface area (Å²) < 4.78 is 0. The molecule has 6 N–H and O–H groups in total. The normalized spacial score (nSPS) is 10.9. The van der Waals surface area contributed by atoms with Gasteiger partial charge in [-0.25, -0.2) is 9.97 Å². The van der Waals surface area contributed by atoms with Crippen LogP contribution < -0.4 is 16.7 Å². The van der Waals surface area contributed by atoms with Crippen LogP contribution in [0.3, 0.4) is 0 Å². The molecule has 0 saturated carbocycles. The van der Waals surface area contributed by atoms with Gasteiger partial charge < -0.3 is 25.8 Å². The summed E-state index contributed by atoms with van der Waals surface area (Å²) in [7, 11) is -3.11. The third-order valence-corrected chi connectivity index (χ3v) is 4.69. The van der Waals surface area contributed by atoms with E-state index < -0.39 is 14.2 Å². The van der Waals surface area contributed by atoms with E-state index in [1.165, 1.54) is 0 Å². The second-order valence-corrected chi connectivity index (χ2v) is 6.63. The monoisotopic (exact) mass is 385 g/mol. The largest absolute Gasteiger partial charge is 0.488 e. The molecule has 3 aromatic carbocycles. The Balaban J connectivity index is 1.93. The maximum Gasteiger partial charge on any atom is 0.488 e. The van der Waals surface area contributed by atoms with Crippen LogP contribution in [0, 0.1) is 0 Å². The Morgan fingerprint density at radius 3 is 1.59 bits per heavy atom. The Hall–Kier alpha value is -3.23. The van der Waals surface area contributed by atoms with E-state index in [-0.39, 0.29) is 0 Å². The molecule has 7 nitrogen and oxygen atoms in total. The lowest BCUT2D eigenvalue weighted by molar-refractivity contribution is 0.424. The molecule has 0 aliphatic carbocycles. The zero-order chi connectivity index (χ0) is 20.5. The standard InChI is InChI=1S/C20H17B2N3O4/c23-16-2-1-3-17-20(16)25-19(13-6-10-15(11-7-13)22(28)29)18(24-17)12-4-8-14(9-5-12)21(26)27/h1-11,26-29H,23H2. The highest BCUT2D eigenvalue weighted by molar-refractivity contribution is 6.59. The van der Waals surface area contributed by atoms with Crippen LogP contribution >= 0.6 is 0 Å². The lowest BCUT2D eigenvalue weighted by atomic mass is 9.79. The van der Waals surface area contributed by atoms with Crippen molar-refractivity contribution in [2.24, 2.45) is 0 Å². The fourth-order valence-corrected chi connectivity index (χ4v) is 3.13. The summed E-state index contributed by atoms with van der Waals surface area (Å²) in [5.41, 5.74) is 11.2. The highest BCUT2D eigenvalue weighted by Crippen LogP contribution is 2.31. The van der Waals surface area contributed by atoms with Crippen molar-refractivity contribution >= 4 is 41.9 Å². The zero-order valence-corrected chi connectivity index (χ0v) is 15.3.